The number of aryl methyl sites for hydroxylation is 1. The van der Waals surface area contributed by atoms with Gasteiger partial charge in [0.1, 0.15) is 5.84 Å². The Morgan fingerprint density at radius 3 is 2.32 bits per heavy atom. The molecule has 0 aliphatic rings. The van der Waals surface area contributed by atoms with Crippen LogP contribution in [0.2, 0.25) is 0 Å². The van der Waals surface area contributed by atoms with Crippen LogP contribution >= 0.6 is 0 Å². The third-order valence-electron chi connectivity index (χ3n) is 5.96. The lowest BCUT2D eigenvalue weighted by atomic mass is 10.1. The number of rotatable bonds is 11. The maximum atomic E-state index is 12.9. The molecule has 198 valence electrons. The van der Waals surface area contributed by atoms with Gasteiger partial charge in [-0.05, 0) is 74.1 Å². The number of allylic oxidation sites excluding steroid dienone is 1. The number of likely N-dealkylation sites (N-methyl/N-ethyl adjacent to an activating group) is 1. The van der Waals surface area contributed by atoms with Gasteiger partial charge in [0.2, 0.25) is 10.0 Å². The van der Waals surface area contributed by atoms with Gasteiger partial charge in [0.25, 0.3) is 0 Å². The van der Waals surface area contributed by atoms with E-state index in [1.165, 1.54) is 5.56 Å². The van der Waals surface area contributed by atoms with Crippen molar-refractivity contribution in [3.63, 3.8) is 0 Å². The lowest BCUT2D eigenvalue weighted by Crippen LogP contribution is -2.33. The summed E-state index contributed by atoms with van der Waals surface area (Å²) < 4.78 is 28.5. The minimum Gasteiger partial charge on any atom is -0.392 e. The maximum absolute atomic E-state index is 12.9. The van der Waals surface area contributed by atoms with Gasteiger partial charge in [-0.2, -0.15) is 0 Å². The monoisotopic (exact) mass is 522 g/mol. The molecule has 0 saturated heterocycles. The van der Waals surface area contributed by atoms with Crippen LogP contribution in [0.4, 0.5) is 11.4 Å². The molecule has 3 N–H and O–H groups in total. The van der Waals surface area contributed by atoms with E-state index in [0.29, 0.717) is 13.2 Å². The summed E-state index contributed by atoms with van der Waals surface area (Å²) in [6.07, 6.45) is 1.94. The van der Waals surface area contributed by atoms with Gasteiger partial charge in [0.05, 0.1) is 11.6 Å². The molecule has 0 fully saturated rings. The maximum Gasteiger partial charge on any atom is 0.240 e. The van der Waals surface area contributed by atoms with Gasteiger partial charge in [-0.1, -0.05) is 29.8 Å². The number of anilines is 2. The predicted octanol–water partition coefficient (Wildman–Crippen LogP) is 4.02. The van der Waals surface area contributed by atoms with E-state index in [1.54, 1.807) is 12.1 Å². The first-order valence-corrected chi connectivity index (χ1v) is 13.7. The summed E-state index contributed by atoms with van der Waals surface area (Å²) in [7, 11) is 4.11. The lowest BCUT2D eigenvalue weighted by Gasteiger charge is -2.16. The Bertz CT molecular complexity index is 1370. The number of sulfonamides is 1. The quantitative estimate of drug-likeness (QED) is 0.260. The molecule has 3 aromatic carbocycles. The van der Waals surface area contributed by atoms with Crippen LogP contribution in [0, 0.1) is 6.92 Å². The van der Waals surface area contributed by atoms with Crippen LogP contribution in [0.3, 0.4) is 0 Å². The summed E-state index contributed by atoms with van der Waals surface area (Å²) >= 11 is 0. The second-order valence-electron chi connectivity index (χ2n) is 9.32. The second kappa shape index (κ2) is 12.7. The highest BCUT2D eigenvalue weighted by atomic mass is 32.2. The smallest absolute Gasteiger partial charge is 0.240 e. The van der Waals surface area contributed by atoms with Gasteiger partial charge >= 0.3 is 0 Å². The lowest BCUT2D eigenvalue weighted by molar-refractivity contribution is 0.351. The molecule has 0 amide bonds. The minimum atomic E-state index is -3.62. The molecule has 0 aliphatic heterocycles. The highest BCUT2D eigenvalue weighted by Crippen LogP contribution is 2.23. The molecule has 0 bridgehead atoms. The standard InChI is InChI=1S/C28H38N6O2S/c1-21-7-11-25(12-8-21)32-28(17-22(2)29-3)30-20-34(6)16-15-31-37(35,36)27-14-10-23-18-26(33(4)5)13-9-24(23)19-27/h7-14,17-19,29,31H,15-16,20H2,1-6H3,(H,30,32)/b22-17-. The Balaban J connectivity index is 1.60. The topological polar surface area (TPSA) is 89.1 Å². The normalized spacial score (nSPS) is 12.7. The van der Waals surface area contributed by atoms with Gasteiger partial charge in [-0.3, -0.25) is 9.89 Å². The van der Waals surface area contributed by atoms with E-state index in [2.05, 4.69) is 15.4 Å². The van der Waals surface area contributed by atoms with E-state index in [9.17, 15) is 8.42 Å². The van der Waals surface area contributed by atoms with Gasteiger partial charge in [0.15, 0.2) is 0 Å². The molecule has 9 heteroatoms. The molecule has 3 aromatic rings. The van der Waals surface area contributed by atoms with E-state index in [1.807, 2.05) is 106 Å². The summed E-state index contributed by atoms with van der Waals surface area (Å²) in [6.45, 7) is 5.22. The number of hydrogen-bond acceptors (Lipinski definition) is 6. The molecule has 3 rings (SSSR count). The molecular formula is C28H38N6O2S. The Hall–Kier alpha value is -3.40. The Kier molecular flexibility index (Phi) is 9.68. The first kappa shape index (κ1) is 28.2. The molecule has 0 radical (unpaired) electrons. The number of nitrogens with one attached hydrogen (secondary N) is 3. The summed E-state index contributed by atoms with van der Waals surface area (Å²) in [6, 6.07) is 19.3. The van der Waals surface area contributed by atoms with Crippen molar-refractivity contribution >= 4 is 38.0 Å². The van der Waals surface area contributed by atoms with E-state index >= 15 is 0 Å². The molecule has 0 saturated carbocycles. The van der Waals surface area contributed by atoms with Crippen LogP contribution in [0.1, 0.15) is 12.5 Å². The molecule has 0 spiro atoms. The van der Waals surface area contributed by atoms with Crippen LogP contribution < -0.4 is 20.3 Å². The zero-order chi connectivity index (χ0) is 27.0. The summed E-state index contributed by atoms with van der Waals surface area (Å²) in [5, 5.41) is 8.34. The largest absolute Gasteiger partial charge is 0.392 e. The van der Waals surface area contributed by atoms with Gasteiger partial charge in [-0.15, -0.1) is 0 Å². The van der Waals surface area contributed by atoms with Crippen molar-refractivity contribution in [2.45, 2.75) is 18.7 Å². The SMILES string of the molecule is CN/C(C)=C\C(=NCN(C)CCNS(=O)(=O)c1ccc2cc(N(C)C)ccc2c1)Nc1ccc(C)cc1. The van der Waals surface area contributed by atoms with Crippen molar-refractivity contribution in [1.29, 1.82) is 0 Å². The minimum absolute atomic E-state index is 0.260. The summed E-state index contributed by atoms with van der Waals surface area (Å²) in [4.78, 5) is 8.93. The van der Waals surface area contributed by atoms with Crippen LogP contribution in [0.25, 0.3) is 10.8 Å². The number of nitrogens with zero attached hydrogens (tertiary/aromatic N) is 3. The van der Waals surface area contributed by atoms with Crippen molar-refractivity contribution in [2.24, 2.45) is 4.99 Å². The zero-order valence-electron chi connectivity index (χ0n) is 22.5. The molecule has 8 nitrogen and oxygen atoms in total. The predicted molar refractivity (Wildman–Crippen MR) is 156 cm³/mol. The van der Waals surface area contributed by atoms with Crippen molar-refractivity contribution in [2.75, 3.05) is 58.2 Å². The molecule has 37 heavy (non-hydrogen) atoms. The first-order chi connectivity index (χ1) is 17.6. The van der Waals surface area contributed by atoms with Crippen LogP contribution in [-0.4, -0.2) is 67.1 Å². The van der Waals surface area contributed by atoms with Crippen molar-refractivity contribution in [3.05, 3.63) is 78.0 Å². The van der Waals surface area contributed by atoms with Crippen LogP contribution in [0.15, 0.2) is 82.3 Å². The van der Waals surface area contributed by atoms with Gasteiger partial charge in [-0.25, -0.2) is 13.1 Å². The Morgan fingerprint density at radius 2 is 1.65 bits per heavy atom. The Labute approximate surface area is 221 Å². The van der Waals surface area contributed by atoms with Crippen LogP contribution in [-0.2, 0) is 10.0 Å². The second-order valence-corrected chi connectivity index (χ2v) is 11.1. The summed E-state index contributed by atoms with van der Waals surface area (Å²) in [5.41, 5.74) is 4.19. The van der Waals surface area contributed by atoms with Crippen LogP contribution in [0.5, 0.6) is 0 Å². The van der Waals surface area contributed by atoms with Gasteiger partial charge in [0, 0.05) is 51.3 Å². The van der Waals surface area contributed by atoms with Crippen molar-refractivity contribution in [1.82, 2.24) is 14.9 Å². The molecule has 0 aliphatic carbocycles. The molecule has 0 unspecified atom stereocenters. The average molecular weight is 523 g/mol. The van der Waals surface area contributed by atoms with E-state index in [0.717, 1.165) is 33.7 Å². The number of fused-ring (bicyclic) bond motifs is 1. The number of benzene rings is 3. The third kappa shape index (κ3) is 8.31. The fraction of sp³-hybridized carbons (Fsp3) is 0.321. The van der Waals surface area contributed by atoms with E-state index in [4.69, 9.17) is 4.99 Å². The molecule has 0 heterocycles. The first-order valence-electron chi connectivity index (χ1n) is 12.2. The number of hydrogen-bond donors (Lipinski definition) is 3. The fourth-order valence-electron chi connectivity index (χ4n) is 3.56. The van der Waals surface area contributed by atoms with Crippen molar-refractivity contribution < 1.29 is 8.42 Å². The molecular weight excluding hydrogens is 484 g/mol. The Morgan fingerprint density at radius 1 is 0.973 bits per heavy atom. The fourth-order valence-corrected chi connectivity index (χ4v) is 4.62. The van der Waals surface area contributed by atoms with Crippen molar-refractivity contribution in [3.8, 4) is 0 Å². The van der Waals surface area contributed by atoms with E-state index < -0.39 is 10.0 Å². The highest BCUT2D eigenvalue weighted by molar-refractivity contribution is 7.89. The average Bonchev–Trinajstić information content (AvgIpc) is 2.87. The summed E-state index contributed by atoms with van der Waals surface area (Å²) in [5.74, 6) is 0.719. The number of amidine groups is 1. The third-order valence-corrected chi connectivity index (χ3v) is 7.42. The van der Waals surface area contributed by atoms with Gasteiger partial charge < -0.3 is 15.5 Å². The van der Waals surface area contributed by atoms with E-state index in [-0.39, 0.29) is 11.4 Å². The highest BCUT2D eigenvalue weighted by Gasteiger charge is 2.14. The zero-order valence-corrected chi connectivity index (χ0v) is 23.4. The molecule has 0 atom stereocenters. The molecule has 0 aromatic heterocycles. The number of aliphatic imine (C=N–C) groups is 1.